The van der Waals surface area contributed by atoms with Crippen molar-refractivity contribution >= 4 is 5.91 Å². The summed E-state index contributed by atoms with van der Waals surface area (Å²) in [7, 11) is 1.53. The number of primary amides is 1. The minimum atomic E-state index is -0.556. The minimum Gasteiger partial charge on any atom is -0.493 e. The van der Waals surface area contributed by atoms with Crippen LogP contribution in [0, 0.1) is 5.82 Å². The van der Waals surface area contributed by atoms with Gasteiger partial charge in [-0.3, -0.25) is 4.79 Å². The molecule has 0 saturated heterocycles. The number of carbonyl (C=O) groups is 1. The zero-order chi connectivity index (χ0) is 17.4. The van der Waals surface area contributed by atoms with Gasteiger partial charge in [0.2, 0.25) is 0 Å². The van der Waals surface area contributed by atoms with E-state index in [0.717, 1.165) is 5.56 Å². The Hall–Kier alpha value is -2.60. The van der Waals surface area contributed by atoms with E-state index in [4.69, 9.17) is 15.2 Å². The van der Waals surface area contributed by atoms with Gasteiger partial charge in [-0.25, -0.2) is 4.39 Å². The molecule has 128 valence electrons. The first kappa shape index (κ1) is 17.7. The van der Waals surface area contributed by atoms with Gasteiger partial charge >= 0.3 is 0 Å². The lowest BCUT2D eigenvalue weighted by atomic mass is 10.1. The number of hydrogen-bond donors (Lipinski definition) is 2. The largest absolute Gasteiger partial charge is 0.493 e. The van der Waals surface area contributed by atoms with E-state index in [9.17, 15) is 9.18 Å². The van der Waals surface area contributed by atoms with E-state index in [2.05, 4.69) is 5.32 Å². The summed E-state index contributed by atoms with van der Waals surface area (Å²) in [6.07, 6.45) is 0.577. The quantitative estimate of drug-likeness (QED) is 0.689. The highest BCUT2D eigenvalue weighted by Gasteiger charge is 2.11. The number of amides is 1. The Morgan fingerprint density at radius 3 is 2.62 bits per heavy atom. The highest BCUT2D eigenvalue weighted by molar-refractivity contribution is 5.75. The van der Waals surface area contributed by atoms with E-state index in [1.165, 1.54) is 13.2 Å². The second-order valence-electron chi connectivity index (χ2n) is 5.22. The van der Waals surface area contributed by atoms with Crippen molar-refractivity contribution in [3.63, 3.8) is 0 Å². The van der Waals surface area contributed by atoms with Gasteiger partial charge in [0.15, 0.2) is 18.1 Å². The van der Waals surface area contributed by atoms with Gasteiger partial charge < -0.3 is 20.5 Å². The van der Waals surface area contributed by atoms with E-state index in [1.54, 1.807) is 18.2 Å². The summed E-state index contributed by atoms with van der Waals surface area (Å²) in [5.74, 6) is 0.257. The highest BCUT2D eigenvalue weighted by atomic mass is 19.1. The lowest BCUT2D eigenvalue weighted by molar-refractivity contribution is -0.119. The molecule has 0 radical (unpaired) electrons. The molecule has 5 nitrogen and oxygen atoms in total. The van der Waals surface area contributed by atoms with Crippen LogP contribution >= 0.6 is 0 Å². The van der Waals surface area contributed by atoms with Crippen molar-refractivity contribution in [2.24, 2.45) is 5.73 Å². The number of nitrogens with one attached hydrogen (secondary N) is 1. The lowest BCUT2D eigenvalue weighted by Crippen LogP contribution is -2.22. The number of benzene rings is 2. The number of methoxy groups -OCH3 is 1. The molecule has 0 heterocycles. The maximum Gasteiger partial charge on any atom is 0.255 e. The molecule has 0 aliphatic carbocycles. The van der Waals surface area contributed by atoms with Gasteiger partial charge in [0.25, 0.3) is 5.91 Å². The summed E-state index contributed by atoms with van der Waals surface area (Å²) in [5.41, 5.74) is 6.63. The van der Waals surface area contributed by atoms with E-state index >= 15 is 0 Å². The number of hydrogen-bond acceptors (Lipinski definition) is 4. The van der Waals surface area contributed by atoms with Crippen LogP contribution in [0.3, 0.4) is 0 Å². The summed E-state index contributed by atoms with van der Waals surface area (Å²) in [5, 5.41) is 3.24. The third-order valence-electron chi connectivity index (χ3n) is 3.48. The molecule has 0 fully saturated rings. The van der Waals surface area contributed by atoms with Gasteiger partial charge in [-0.15, -0.1) is 0 Å². The van der Waals surface area contributed by atoms with Gasteiger partial charge in [-0.05, 0) is 30.7 Å². The molecule has 0 spiro atoms. The third kappa shape index (κ3) is 4.96. The average molecular weight is 332 g/mol. The van der Waals surface area contributed by atoms with Crippen LogP contribution in [0.25, 0.3) is 0 Å². The van der Waals surface area contributed by atoms with Crippen LogP contribution in [-0.4, -0.2) is 26.2 Å². The average Bonchev–Trinajstić information content (AvgIpc) is 2.58. The number of nitrogens with two attached hydrogens (primary N) is 1. The molecule has 0 aromatic heterocycles. The van der Waals surface area contributed by atoms with Gasteiger partial charge in [-0.2, -0.15) is 0 Å². The van der Waals surface area contributed by atoms with Crippen molar-refractivity contribution in [3.8, 4) is 11.5 Å². The fourth-order valence-corrected chi connectivity index (χ4v) is 2.32. The summed E-state index contributed by atoms with van der Waals surface area (Å²) in [6.45, 7) is 0.885. The van der Waals surface area contributed by atoms with Crippen LogP contribution in [0.1, 0.15) is 11.1 Å². The Morgan fingerprint density at radius 2 is 1.92 bits per heavy atom. The fraction of sp³-hybridized carbons (Fsp3) is 0.278. The first-order valence-electron chi connectivity index (χ1n) is 7.63. The topological polar surface area (TPSA) is 73.6 Å². The molecule has 2 rings (SSSR count). The Morgan fingerprint density at radius 1 is 1.17 bits per heavy atom. The van der Waals surface area contributed by atoms with Crippen LogP contribution in [0.4, 0.5) is 4.39 Å². The van der Waals surface area contributed by atoms with Crippen molar-refractivity contribution in [1.29, 1.82) is 0 Å². The molecule has 3 N–H and O–H groups in total. The molecule has 0 aliphatic heterocycles. The zero-order valence-corrected chi connectivity index (χ0v) is 13.5. The molecule has 6 heteroatoms. The summed E-state index contributed by atoms with van der Waals surface area (Å²) >= 11 is 0. The van der Waals surface area contributed by atoms with Crippen LogP contribution in [-0.2, 0) is 17.8 Å². The Balaban J connectivity index is 1.96. The van der Waals surface area contributed by atoms with E-state index in [-0.39, 0.29) is 12.4 Å². The molecule has 2 aromatic carbocycles. The first-order valence-corrected chi connectivity index (χ1v) is 7.63. The SMILES string of the molecule is COc1cccc(CNCCc2ccccc2F)c1OCC(N)=O. The molecular formula is C18H21FN2O3. The van der Waals surface area contributed by atoms with Crippen molar-refractivity contribution in [1.82, 2.24) is 5.32 Å². The van der Waals surface area contributed by atoms with E-state index in [1.807, 2.05) is 18.2 Å². The second kappa shape index (κ2) is 8.88. The highest BCUT2D eigenvalue weighted by Crippen LogP contribution is 2.31. The van der Waals surface area contributed by atoms with Crippen LogP contribution in [0.5, 0.6) is 11.5 Å². The van der Waals surface area contributed by atoms with E-state index in [0.29, 0.717) is 36.6 Å². The zero-order valence-electron chi connectivity index (χ0n) is 13.5. The minimum absolute atomic E-state index is 0.203. The van der Waals surface area contributed by atoms with Crippen LogP contribution in [0.15, 0.2) is 42.5 Å². The Labute approximate surface area is 140 Å². The van der Waals surface area contributed by atoms with Gasteiger partial charge in [0.1, 0.15) is 5.82 Å². The summed E-state index contributed by atoms with van der Waals surface area (Å²) in [6, 6.07) is 12.2. The van der Waals surface area contributed by atoms with Gasteiger partial charge in [0, 0.05) is 12.1 Å². The predicted molar refractivity (Wildman–Crippen MR) is 89.5 cm³/mol. The van der Waals surface area contributed by atoms with Crippen LogP contribution in [0.2, 0.25) is 0 Å². The lowest BCUT2D eigenvalue weighted by Gasteiger charge is -2.14. The Kier molecular flexibility index (Phi) is 6.57. The van der Waals surface area contributed by atoms with Crippen LogP contribution < -0.4 is 20.5 Å². The fourth-order valence-electron chi connectivity index (χ4n) is 2.32. The maximum absolute atomic E-state index is 13.6. The molecule has 24 heavy (non-hydrogen) atoms. The standard InChI is InChI=1S/C18H21FN2O3/c1-23-16-8-4-6-14(18(16)24-12-17(20)22)11-21-10-9-13-5-2-3-7-15(13)19/h2-8,21H,9-12H2,1H3,(H2,20,22). The molecule has 1 amide bonds. The van der Waals surface area contributed by atoms with Crippen molar-refractivity contribution in [3.05, 3.63) is 59.4 Å². The van der Waals surface area contributed by atoms with Crippen molar-refractivity contribution in [2.45, 2.75) is 13.0 Å². The normalized spacial score (nSPS) is 10.4. The molecule has 2 aromatic rings. The Bertz CT molecular complexity index is 692. The molecule has 0 atom stereocenters. The van der Waals surface area contributed by atoms with Gasteiger partial charge in [0.05, 0.1) is 7.11 Å². The molecular weight excluding hydrogens is 311 g/mol. The number of carbonyl (C=O) groups excluding carboxylic acids is 1. The van der Waals surface area contributed by atoms with E-state index < -0.39 is 5.91 Å². The van der Waals surface area contributed by atoms with Crippen molar-refractivity contribution < 1.29 is 18.7 Å². The van der Waals surface area contributed by atoms with Crippen molar-refractivity contribution in [2.75, 3.05) is 20.3 Å². The summed E-state index contributed by atoms with van der Waals surface area (Å²) < 4.78 is 24.3. The second-order valence-corrected chi connectivity index (χ2v) is 5.22. The maximum atomic E-state index is 13.6. The predicted octanol–water partition coefficient (Wildman–Crippen LogP) is 2.03. The molecule has 0 unspecified atom stereocenters. The third-order valence-corrected chi connectivity index (χ3v) is 3.48. The number of rotatable bonds is 9. The smallest absolute Gasteiger partial charge is 0.255 e. The number of halogens is 1. The number of ether oxygens (including phenoxy) is 2. The molecule has 0 bridgehead atoms. The summed E-state index contributed by atoms with van der Waals surface area (Å²) in [4.78, 5) is 10.9. The van der Waals surface area contributed by atoms with Gasteiger partial charge in [-0.1, -0.05) is 30.3 Å². The molecule has 0 aliphatic rings. The number of para-hydroxylation sites is 1. The first-order chi connectivity index (χ1) is 11.6. The molecule has 0 saturated carbocycles. The monoisotopic (exact) mass is 332 g/mol.